The first kappa shape index (κ1) is 22.0. The maximum absolute atomic E-state index is 12.7. The molecule has 1 unspecified atom stereocenters. The van der Waals surface area contributed by atoms with Crippen LogP contribution in [0.1, 0.15) is 29.2 Å². The van der Waals surface area contributed by atoms with E-state index >= 15 is 0 Å². The van der Waals surface area contributed by atoms with Crippen molar-refractivity contribution >= 4 is 27.4 Å². The molecule has 1 saturated heterocycles. The van der Waals surface area contributed by atoms with Crippen LogP contribution in [0.3, 0.4) is 0 Å². The Hall–Kier alpha value is -3.72. The molecule has 2 aromatic rings. The van der Waals surface area contributed by atoms with Gasteiger partial charge in [-0.05, 0) is 25.0 Å². The topological polar surface area (TPSA) is 165 Å². The predicted octanol–water partition coefficient (Wildman–Crippen LogP) is 1.76. The summed E-state index contributed by atoms with van der Waals surface area (Å²) >= 11 is 0. The molecule has 0 saturated carbocycles. The summed E-state index contributed by atoms with van der Waals surface area (Å²) in [6.45, 7) is 1.45. The Bertz CT molecular complexity index is 1310. The summed E-state index contributed by atoms with van der Waals surface area (Å²) in [6, 6.07) is 4.76. The van der Waals surface area contributed by atoms with Crippen molar-refractivity contribution in [1.82, 2.24) is 4.57 Å². The van der Waals surface area contributed by atoms with E-state index in [4.69, 9.17) is 4.74 Å². The number of methoxy groups -OCH3 is 1. The molecule has 0 aliphatic carbocycles. The number of ether oxygens (including phenoxy) is 1. The van der Waals surface area contributed by atoms with Gasteiger partial charge in [0.1, 0.15) is 23.1 Å². The lowest BCUT2D eigenvalue weighted by Crippen LogP contribution is -2.29. The summed E-state index contributed by atoms with van der Waals surface area (Å²) in [5.41, 5.74) is -1.01. The minimum absolute atomic E-state index is 0.0222. The van der Waals surface area contributed by atoms with Crippen molar-refractivity contribution in [1.29, 1.82) is 5.26 Å². The minimum Gasteiger partial charge on any atom is -0.494 e. The van der Waals surface area contributed by atoms with E-state index in [9.17, 15) is 33.7 Å². The van der Waals surface area contributed by atoms with Crippen molar-refractivity contribution in [3.05, 3.63) is 55.4 Å². The minimum atomic E-state index is -3.36. The Kier molecular flexibility index (Phi) is 5.81. The molecule has 1 aliphatic heterocycles. The van der Waals surface area contributed by atoms with Gasteiger partial charge in [0.05, 0.1) is 35.1 Å². The van der Waals surface area contributed by atoms with Crippen LogP contribution < -0.4 is 10.3 Å². The Labute approximate surface area is 176 Å². The van der Waals surface area contributed by atoms with Crippen molar-refractivity contribution < 1.29 is 23.2 Å². The number of hydrogen-bond acceptors (Lipinski definition) is 9. The van der Waals surface area contributed by atoms with Crippen LogP contribution in [0.2, 0.25) is 0 Å². The van der Waals surface area contributed by atoms with Gasteiger partial charge in [0.15, 0.2) is 9.84 Å². The molecular formula is C19H18N4O7S. The van der Waals surface area contributed by atoms with E-state index < -0.39 is 32.2 Å². The number of pyridine rings is 1. The van der Waals surface area contributed by atoms with Gasteiger partial charge in [0.2, 0.25) is 5.88 Å². The van der Waals surface area contributed by atoms with Crippen LogP contribution in [0, 0.1) is 28.4 Å². The fourth-order valence-electron chi connectivity index (χ4n) is 3.44. The summed E-state index contributed by atoms with van der Waals surface area (Å²) < 4.78 is 29.8. The highest BCUT2D eigenvalue weighted by Crippen LogP contribution is 2.33. The van der Waals surface area contributed by atoms with Crippen LogP contribution in [-0.2, 0) is 9.84 Å². The van der Waals surface area contributed by atoms with Crippen molar-refractivity contribution in [3.63, 3.8) is 0 Å². The molecule has 2 heterocycles. The zero-order valence-electron chi connectivity index (χ0n) is 16.6. The molecule has 1 atom stereocenters. The average Bonchev–Trinajstić information content (AvgIpc) is 3.07. The molecule has 1 N–H and O–H groups in total. The zero-order valence-corrected chi connectivity index (χ0v) is 17.4. The van der Waals surface area contributed by atoms with E-state index in [1.807, 2.05) is 0 Å². The highest BCUT2D eigenvalue weighted by molar-refractivity contribution is 7.91. The van der Waals surface area contributed by atoms with Gasteiger partial charge in [-0.3, -0.25) is 24.5 Å². The van der Waals surface area contributed by atoms with Gasteiger partial charge in [-0.1, -0.05) is 0 Å². The van der Waals surface area contributed by atoms with E-state index in [0.717, 1.165) is 10.8 Å². The molecule has 0 amide bonds. The van der Waals surface area contributed by atoms with Gasteiger partial charge < -0.3 is 9.84 Å². The number of nitrogens with zero attached hydrogens (tertiary/aromatic N) is 4. The van der Waals surface area contributed by atoms with Crippen molar-refractivity contribution in [2.75, 3.05) is 18.6 Å². The molecule has 1 aliphatic rings. The summed E-state index contributed by atoms with van der Waals surface area (Å²) in [7, 11) is -2.01. The number of nitriles is 1. The number of nitro groups is 1. The number of hydrogen-bond donors (Lipinski definition) is 1. The second kappa shape index (κ2) is 8.19. The maximum atomic E-state index is 12.7. The number of sulfone groups is 1. The van der Waals surface area contributed by atoms with Gasteiger partial charge in [0.25, 0.3) is 11.2 Å². The summed E-state index contributed by atoms with van der Waals surface area (Å²) in [6.07, 6.45) is 1.28. The summed E-state index contributed by atoms with van der Waals surface area (Å²) in [4.78, 5) is 27.3. The van der Waals surface area contributed by atoms with Gasteiger partial charge in [0, 0.05) is 18.3 Å². The Balaban J connectivity index is 2.18. The number of non-ortho nitro benzene ring substituents is 1. The van der Waals surface area contributed by atoms with E-state index in [2.05, 4.69) is 4.99 Å². The molecule has 3 rings (SSSR count). The fourth-order valence-corrected chi connectivity index (χ4v) is 5.14. The lowest BCUT2D eigenvalue weighted by atomic mass is 10.0. The number of aromatic hydroxyl groups is 1. The quantitative estimate of drug-likeness (QED) is 0.412. The first-order valence-electron chi connectivity index (χ1n) is 9.04. The molecular weight excluding hydrogens is 428 g/mol. The molecule has 0 radical (unpaired) electrons. The Morgan fingerprint density at radius 2 is 2.16 bits per heavy atom. The van der Waals surface area contributed by atoms with E-state index in [-0.39, 0.29) is 51.7 Å². The third-order valence-electron chi connectivity index (χ3n) is 5.07. The number of nitro benzene ring substituents is 1. The monoisotopic (exact) mass is 446 g/mol. The first-order chi connectivity index (χ1) is 14.6. The van der Waals surface area contributed by atoms with Gasteiger partial charge in [-0.25, -0.2) is 8.42 Å². The summed E-state index contributed by atoms with van der Waals surface area (Å²) in [5.74, 6) is -0.761. The highest BCUT2D eigenvalue weighted by Gasteiger charge is 2.33. The molecule has 0 spiro atoms. The Morgan fingerprint density at radius 1 is 1.45 bits per heavy atom. The van der Waals surface area contributed by atoms with Crippen LogP contribution in [0.5, 0.6) is 11.6 Å². The number of rotatable bonds is 5. The molecule has 1 aromatic carbocycles. The van der Waals surface area contributed by atoms with Crippen LogP contribution in [0.4, 0.5) is 11.4 Å². The van der Waals surface area contributed by atoms with E-state index in [0.29, 0.717) is 0 Å². The fraction of sp³-hybridized carbons (Fsp3) is 0.316. The van der Waals surface area contributed by atoms with Crippen LogP contribution in [-0.4, -0.2) is 47.8 Å². The van der Waals surface area contributed by atoms with Gasteiger partial charge in [-0.2, -0.15) is 5.26 Å². The first-order valence-corrected chi connectivity index (χ1v) is 10.9. The lowest BCUT2D eigenvalue weighted by molar-refractivity contribution is -0.384. The molecule has 11 nitrogen and oxygen atoms in total. The van der Waals surface area contributed by atoms with E-state index in [1.54, 1.807) is 6.07 Å². The SMILES string of the molecule is COc1ccc([N+](=O)[O-])cc1N=Cc1c(C)c(C#N)c(=O)n(C2CCS(=O)(=O)C2)c1O. The molecule has 12 heteroatoms. The van der Waals surface area contributed by atoms with Gasteiger partial charge in [-0.15, -0.1) is 0 Å². The second-order valence-corrected chi connectivity index (χ2v) is 9.18. The molecule has 1 fully saturated rings. The number of aliphatic imine (C=N–C) groups is 1. The lowest BCUT2D eigenvalue weighted by Gasteiger charge is -2.18. The average molecular weight is 446 g/mol. The van der Waals surface area contributed by atoms with Crippen molar-refractivity contribution in [2.24, 2.45) is 4.99 Å². The predicted molar refractivity (Wildman–Crippen MR) is 111 cm³/mol. The standard InChI is InChI=1S/C19H18N4O7S/c1-11-14(8-20)18(24)22(13-5-6-31(28,29)10-13)19(25)15(11)9-21-16-7-12(23(26)27)3-4-17(16)30-2/h3-4,7,9,13,25H,5-6,10H2,1-2H3. The van der Waals surface area contributed by atoms with Crippen molar-refractivity contribution in [3.8, 4) is 17.7 Å². The number of aromatic nitrogens is 1. The van der Waals surface area contributed by atoms with Crippen LogP contribution in [0.25, 0.3) is 0 Å². The highest BCUT2D eigenvalue weighted by atomic mass is 32.2. The van der Waals surface area contributed by atoms with Gasteiger partial charge >= 0.3 is 0 Å². The molecule has 0 bridgehead atoms. The van der Waals surface area contributed by atoms with Crippen LogP contribution in [0.15, 0.2) is 28.0 Å². The normalized spacial score (nSPS) is 17.5. The molecule has 1 aromatic heterocycles. The summed E-state index contributed by atoms with van der Waals surface area (Å²) in [5, 5.41) is 31.3. The van der Waals surface area contributed by atoms with Crippen molar-refractivity contribution in [2.45, 2.75) is 19.4 Å². The van der Waals surface area contributed by atoms with E-state index in [1.165, 1.54) is 32.2 Å². The molecule has 31 heavy (non-hydrogen) atoms. The second-order valence-electron chi connectivity index (χ2n) is 6.95. The maximum Gasteiger partial charge on any atom is 0.271 e. The third-order valence-corrected chi connectivity index (χ3v) is 6.82. The third kappa shape index (κ3) is 4.13. The molecule has 162 valence electrons. The Morgan fingerprint density at radius 3 is 2.71 bits per heavy atom. The number of benzene rings is 1. The smallest absolute Gasteiger partial charge is 0.271 e. The zero-order chi connectivity index (χ0) is 22.9. The largest absolute Gasteiger partial charge is 0.494 e. The van der Waals surface area contributed by atoms with Crippen LogP contribution >= 0.6 is 0 Å².